The summed E-state index contributed by atoms with van der Waals surface area (Å²) < 4.78 is 0. The lowest BCUT2D eigenvalue weighted by atomic mass is 10.2. The topological polar surface area (TPSA) is 87.5 Å². The van der Waals surface area contributed by atoms with Crippen LogP contribution < -0.4 is 21.3 Å². The molecule has 0 aromatic heterocycles. The Labute approximate surface area is 178 Å². The van der Waals surface area contributed by atoms with Crippen LogP contribution in [0, 0.1) is 0 Å². The third-order valence-electron chi connectivity index (χ3n) is 3.89. The van der Waals surface area contributed by atoms with Crippen molar-refractivity contribution >= 4 is 48.0 Å². The molecule has 2 rings (SSSR count). The molecule has 8 heteroatoms. The van der Waals surface area contributed by atoms with Gasteiger partial charge in [-0.1, -0.05) is 36.4 Å². The largest absolute Gasteiger partial charge is 0.368 e. The molecule has 0 aliphatic rings. The van der Waals surface area contributed by atoms with Crippen molar-refractivity contribution in [3.63, 3.8) is 0 Å². The van der Waals surface area contributed by atoms with Crippen molar-refractivity contribution in [2.45, 2.75) is 19.4 Å². The molecule has 0 aliphatic carbocycles. The van der Waals surface area contributed by atoms with Crippen molar-refractivity contribution in [2.24, 2.45) is 5.73 Å². The molecule has 0 atom stereocenters. The van der Waals surface area contributed by atoms with Crippen molar-refractivity contribution in [1.29, 1.82) is 0 Å². The molecule has 0 spiro atoms. The minimum absolute atomic E-state index is 0. The maximum atomic E-state index is 12.0. The molecule has 0 heterocycles. The molecule has 0 saturated heterocycles. The highest BCUT2D eigenvalue weighted by molar-refractivity contribution is 5.91. The first-order chi connectivity index (χ1) is 12.6. The van der Waals surface area contributed by atoms with Crippen LogP contribution >= 0.6 is 24.8 Å². The molecule has 0 radical (unpaired) electrons. The average Bonchev–Trinajstić information content (AvgIpc) is 2.62. The Kier molecular flexibility index (Phi) is 12.7. The molecule has 0 saturated carbocycles. The van der Waals surface area contributed by atoms with Crippen LogP contribution in [0.5, 0.6) is 0 Å². The van der Waals surface area contributed by atoms with Gasteiger partial charge in [-0.05, 0) is 43.8 Å². The zero-order valence-electron chi connectivity index (χ0n) is 15.9. The van der Waals surface area contributed by atoms with Crippen molar-refractivity contribution in [3.05, 3.63) is 60.2 Å². The van der Waals surface area contributed by atoms with Crippen LogP contribution in [0.15, 0.2) is 54.6 Å². The second-order valence-corrected chi connectivity index (χ2v) is 6.11. The van der Waals surface area contributed by atoms with Gasteiger partial charge in [0.1, 0.15) is 0 Å². The fourth-order valence-electron chi connectivity index (χ4n) is 2.66. The first-order valence-electron chi connectivity index (χ1n) is 8.70. The van der Waals surface area contributed by atoms with Crippen molar-refractivity contribution in [1.82, 2.24) is 5.32 Å². The molecule has 0 aliphatic heterocycles. The fourth-order valence-corrected chi connectivity index (χ4v) is 2.66. The van der Waals surface area contributed by atoms with Gasteiger partial charge in [0.2, 0.25) is 11.8 Å². The van der Waals surface area contributed by atoms with Crippen LogP contribution in [0.25, 0.3) is 0 Å². The molecule has 0 fully saturated rings. The molecule has 154 valence electrons. The van der Waals surface area contributed by atoms with E-state index in [1.54, 1.807) is 0 Å². The Morgan fingerprint density at radius 1 is 1.04 bits per heavy atom. The lowest BCUT2D eigenvalue weighted by Gasteiger charge is -2.24. The minimum atomic E-state index is -0.401. The third-order valence-corrected chi connectivity index (χ3v) is 3.89. The molecule has 2 aromatic rings. The van der Waals surface area contributed by atoms with Crippen LogP contribution in [-0.4, -0.2) is 32.0 Å². The van der Waals surface area contributed by atoms with Gasteiger partial charge in [0.05, 0.1) is 6.54 Å². The van der Waals surface area contributed by atoms with Crippen molar-refractivity contribution in [3.8, 4) is 0 Å². The Bertz CT molecular complexity index is 729. The van der Waals surface area contributed by atoms with Gasteiger partial charge in [-0.2, -0.15) is 0 Å². The van der Waals surface area contributed by atoms with Gasteiger partial charge in [0, 0.05) is 24.3 Å². The summed E-state index contributed by atoms with van der Waals surface area (Å²) in [5.74, 6) is -0.427. The number of hydrogen-bond acceptors (Lipinski definition) is 4. The number of halogens is 2. The maximum absolute atomic E-state index is 12.0. The SMILES string of the molecule is CNCCCC(=O)Nc1cccc(N(CC(N)=O)Cc2ccccc2)c1.Cl.Cl. The van der Waals surface area contributed by atoms with Crippen LogP contribution in [0.3, 0.4) is 0 Å². The molecule has 0 bridgehead atoms. The standard InChI is InChI=1S/C20H26N4O2.2ClH/c1-22-12-6-11-20(26)23-17-9-5-10-18(13-17)24(15-19(21)25)14-16-7-3-2-4-8-16;;/h2-5,7-10,13,22H,6,11-12,14-15H2,1H3,(H2,21,25)(H,23,26);2*1H. The lowest BCUT2D eigenvalue weighted by Crippen LogP contribution is -2.33. The number of anilines is 2. The molecule has 2 aromatic carbocycles. The highest BCUT2D eigenvalue weighted by atomic mass is 35.5. The van der Waals surface area contributed by atoms with Crippen LogP contribution in [0.1, 0.15) is 18.4 Å². The van der Waals surface area contributed by atoms with E-state index in [-0.39, 0.29) is 37.3 Å². The van der Waals surface area contributed by atoms with Crippen molar-refractivity contribution < 1.29 is 9.59 Å². The highest BCUT2D eigenvalue weighted by Crippen LogP contribution is 2.21. The van der Waals surface area contributed by atoms with Gasteiger partial charge < -0.3 is 21.3 Å². The van der Waals surface area contributed by atoms with E-state index in [1.807, 2.05) is 66.5 Å². The summed E-state index contributed by atoms with van der Waals surface area (Å²) in [6.45, 7) is 1.47. The summed E-state index contributed by atoms with van der Waals surface area (Å²) in [4.78, 5) is 25.4. The van der Waals surface area contributed by atoms with E-state index in [2.05, 4.69) is 10.6 Å². The van der Waals surface area contributed by atoms with Crippen LogP contribution in [0.4, 0.5) is 11.4 Å². The first-order valence-corrected chi connectivity index (χ1v) is 8.70. The highest BCUT2D eigenvalue weighted by Gasteiger charge is 2.12. The molecular weight excluding hydrogens is 399 g/mol. The van der Waals surface area contributed by atoms with E-state index in [0.717, 1.165) is 24.2 Å². The number of nitrogens with two attached hydrogens (primary N) is 1. The van der Waals surface area contributed by atoms with Gasteiger partial charge in [-0.15, -0.1) is 24.8 Å². The van der Waals surface area contributed by atoms with E-state index >= 15 is 0 Å². The molecule has 4 N–H and O–H groups in total. The Morgan fingerprint density at radius 3 is 2.39 bits per heavy atom. The molecule has 2 amide bonds. The number of nitrogens with zero attached hydrogens (tertiary/aromatic N) is 1. The van der Waals surface area contributed by atoms with Gasteiger partial charge in [-0.25, -0.2) is 0 Å². The van der Waals surface area contributed by atoms with Gasteiger partial charge >= 0.3 is 0 Å². The Hall–Kier alpha value is -2.28. The number of nitrogens with one attached hydrogen (secondary N) is 2. The summed E-state index contributed by atoms with van der Waals surface area (Å²) >= 11 is 0. The second kappa shape index (κ2) is 13.8. The van der Waals surface area contributed by atoms with Crippen LogP contribution in [0.2, 0.25) is 0 Å². The summed E-state index contributed by atoms with van der Waals surface area (Å²) in [5.41, 5.74) is 8.04. The fraction of sp³-hybridized carbons (Fsp3) is 0.300. The Morgan fingerprint density at radius 2 is 1.75 bits per heavy atom. The number of carbonyl (C=O) groups is 2. The molecular formula is C20H28Cl2N4O2. The normalized spacial score (nSPS) is 9.61. The van der Waals surface area contributed by atoms with Gasteiger partial charge in [0.25, 0.3) is 0 Å². The molecule has 6 nitrogen and oxygen atoms in total. The van der Waals surface area contributed by atoms with Crippen molar-refractivity contribution in [2.75, 3.05) is 30.4 Å². The van der Waals surface area contributed by atoms with E-state index < -0.39 is 5.91 Å². The first kappa shape index (κ1) is 25.7. The number of hydrogen-bond donors (Lipinski definition) is 3. The molecule has 28 heavy (non-hydrogen) atoms. The minimum Gasteiger partial charge on any atom is -0.368 e. The Balaban J connectivity index is 0.00000364. The summed E-state index contributed by atoms with van der Waals surface area (Å²) in [5, 5.41) is 5.93. The van der Waals surface area contributed by atoms with Crippen LogP contribution in [-0.2, 0) is 16.1 Å². The summed E-state index contributed by atoms with van der Waals surface area (Å²) in [6.07, 6.45) is 1.24. The number of rotatable bonds is 10. The molecule has 0 unspecified atom stereocenters. The summed E-state index contributed by atoms with van der Waals surface area (Å²) in [7, 11) is 1.86. The predicted octanol–water partition coefficient (Wildman–Crippen LogP) is 2.96. The van der Waals surface area contributed by atoms with E-state index in [4.69, 9.17) is 5.73 Å². The maximum Gasteiger partial charge on any atom is 0.236 e. The van der Waals surface area contributed by atoms with E-state index in [0.29, 0.717) is 18.7 Å². The number of benzene rings is 2. The predicted molar refractivity (Wildman–Crippen MR) is 119 cm³/mol. The zero-order chi connectivity index (χ0) is 18.8. The number of carbonyl (C=O) groups excluding carboxylic acids is 2. The van der Waals surface area contributed by atoms with E-state index in [1.165, 1.54) is 0 Å². The zero-order valence-corrected chi connectivity index (χ0v) is 17.5. The van der Waals surface area contributed by atoms with E-state index in [9.17, 15) is 9.59 Å². The smallest absolute Gasteiger partial charge is 0.236 e. The average molecular weight is 427 g/mol. The lowest BCUT2D eigenvalue weighted by molar-refractivity contribution is -0.117. The van der Waals surface area contributed by atoms with Gasteiger partial charge in [0.15, 0.2) is 0 Å². The number of primary amides is 1. The second-order valence-electron chi connectivity index (χ2n) is 6.11. The quantitative estimate of drug-likeness (QED) is 0.509. The number of amides is 2. The van der Waals surface area contributed by atoms with Gasteiger partial charge in [-0.3, -0.25) is 9.59 Å². The monoisotopic (exact) mass is 426 g/mol. The third kappa shape index (κ3) is 9.08. The summed E-state index contributed by atoms with van der Waals surface area (Å²) in [6, 6.07) is 17.3.